The summed E-state index contributed by atoms with van der Waals surface area (Å²) in [6.07, 6.45) is 0.324. The van der Waals surface area contributed by atoms with Crippen LogP contribution in [0.4, 0.5) is 8.78 Å². The van der Waals surface area contributed by atoms with Gasteiger partial charge in [-0.05, 0) is 19.0 Å². The average molecular weight is 241 g/mol. The molecule has 0 spiro atoms. The van der Waals surface area contributed by atoms with Crippen molar-refractivity contribution in [2.75, 3.05) is 19.9 Å². The number of rotatable bonds is 1. The molecule has 0 aliphatic carbocycles. The fourth-order valence-corrected chi connectivity index (χ4v) is 2.63. The number of halogens is 2. The van der Waals surface area contributed by atoms with Gasteiger partial charge in [0.15, 0.2) is 11.6 Å². The Morgan fingerprint density at radius 2 is 2.24 bits per heavy atom. The van der Waals surface area contributed by atoms with Gasteiger partial charge in [0, 0.05) is 12.1 Å². The van der Waals surface area contributed by atoms with Crippen LogP contribution in [0.5, 0.6) is 0 Å². The molecule has 2 heterocycles. The Kier molecular flexibility index (Phi) is 2.61. The highest BCUT2D eigenvalue weighted by molar-refractivity contribution is 5.29. The molecular formula is C12H13F2NO2. The van der Waals surface area contributed by atoms with Crippen LogP contribution in [0.1, 0.15) is 12.0 Å². The Morgan fingerprint density at radius 1 is 1.35 bits per heavy atom. The molecule has 0 amide bonds. The summed E-state index contributed by atoms with van der Waals surface area (Å²) in [6, 6.07) is 4.19. The smallest absolute Gasteiger partial charge is 0.165 e. The molecule has 2 aliphatic rings. The molecule has 2 atom stereocenters. The lowest BCUT2D eigenvalue weighted by atomic mass is 9.82. The minimum atomic E-state index is -0.843. The van der Waals surface area contributed by atoms with E-state index in [0.29, 0.717) is 19.5 Å². The van der Waals surface area contributed by atoms with Crippen molar-refractivity contribution in [3.05, 3.63) is 35.4 Å². The van der Waals surface area contributed by atoms with Gasteiger partial charge < -0.3 is 14.8 Å². The normalized spacial score (nSPS) is 32.5. The summed E-state index contributed by atoms with van der Waals surface area (Å²) >= 11 is 0. The van der Waals surface area contributed by atoms with Gasteiger partial charge in [0.2, 0.25) is 0 Å². The average Bonchev–Trinajstić information content (AvgIpc) is 2.77. The molecule has 1 aromatic rings. The largest absolute Gasteiger partial charge is 0.347 e. The Balaban J connectivity index is 2.09. The van der Waals surface area contributed by atoms with Crippen molar-refractivity contribution in [3.8, 4) is 0 Å². The summed E-state index contributed by atoms with van der Waals surface area (Å²) in [5, 5.41) is 3.16. The van der Waals surface area contributed by atoms with Crippen LogP contribution in [0, 0.1) is 11.6 Å². The van der Waals surface area contributed by atoms with E-state index >= 15 is 0 Å². The number of benzene rings is 1. The molecule has 3 nitrogen and oxygen atoms in total. The Morgan fingerprint density at radius 3 is 3.12 bits per heavy atom. The summed E-state index contributed by atoms with van der Waals surface area (Å²) in [5.74, 6) is -1.67. The monoisotopic (exact) mass is 241 g/mol. The lowest BCUT2D eigenvalue weighted by Crippen LogP contribution is -2.50. The predicted octanol–water partition coefficient (Wildman–Crippen LogP) is 1.53. The van der Waals surface area contributed by atoms with Crippen molar-refractivity contribution < 1.29 is 18.3 Å². The third-order valence-electron chi connectivity index (χ3n) is 3.52. The minimum Gasteiger partial charge on any atom is -0.347 e. The molecule has 0 radical (unpaired) electrons. The summed E-state index contributed by atoms with van der Waals surface area (Å²) in [4.78, 5) is 0. The van der Waals surface area contributed by atoms with E-state index < -0.39 is 17.2 Å². The molecule has 0 aromatic heterocycles. The van der Waals surface area contributed by atoms with E-state index in [1.54, 1.807) is 6.07 Å². The Hall–Kier alpha value is -1.04. The molecule has 0 saturated carbocycles. The Bertz CT molecular complexity index is 441. The van der Waals surface area contributed by atoms with E-state index in [2.05, 4.69) is 5.32 Å². The standard InChI is InChI=1S/C12H13F2NO2/c13-9-3-1-2-8(11(9)14)12-4-5-15-6-10(12)16-7-17-12/h1-3,10,15H,4-7H2/t10-,12-/m1/s1. The molecule has 0 unspecified atom stereocenters. The van der Waals surface area contributed by atoms with Crippen LogP contribution in [0.15, 0.2) is 18.2 Å². The molecule has 2 aliphatic heterocycles. The van der Waals surface area contributed by atoms with E-state index in [9.17, 15) is 8.78 Å². The quantitative estimate of drug-likeness (QED) is 0.808. The van der Waals surface area contributed by atoms with Crippen molar-refractivity contribution in [2.24, 2.45) is 0 Å². The van der Waals surface area contributed by atoms with Gasteiger partial charge in [0.1, 0.15) is 18.5 Å². The van der Waals surface area contributed by atoms with E-state index in [4.69, 9.17) is 9.47 Å². The third-order valence-corrected chi connectivity index (χ3v) is 3.52. The molecule has 3 rings (SSSR count). The van der Waals surface area contributed by atoms with Crippen molar-refractivity contribution in [2.45, 2.75) is 18.1 Å². The molecule has 2 fully saturated rings. The van der Waals surface area contributed by atoms with Gasteiger partial charge in [-0.2, -0.15) is 0 Å². The first kappa shape index (κ1) is 11.1. The molecule has 1 aromatic carbocycles. The second kappa shape index (κ2) is 4.01. The predicted molar refractivity (Wildman–Crippen MR) is 56.3 cm³/mol. The number of hydrogen-bond donors (Lipinski definition) is 1. The number of piperidine rings is 1. The number of fused-ring (bicyclic) bond motifs is 1. The number of nitrogens with one attached hydrogen (secondary N) is 1. The fourth-order valence-electron chi connectivity index (χ4n) is 2.63. The number of ether oxygens (including phenoxy) is 2. The molecule has 5 heteroatoms. The van der Waals surface area contributed by atoms with Crippen molar-refractivity contribution >= 4 is 0 Å². The maximum Gasteiger partial charge on any atom is 0.165 e. The molecule has 1 N–H and O–H groups in total. The van der Waals surface area contributed by atoms with Crippen LogP contribution >= 0.6 is 0 Å². The highest BCUT2D eigenvalue weighted by atomic mass is 19.2. The zero-order chi connectivity index (χ0) is 11.9. The van der Waals surface area contributed by atoms with Gasteiger partial charge >= 0.3 is 0 Å². The van der Waals surface area contributed by atoms with Crippen molar-refractivity contribution in [3.63, 3.8) is 0 Å². The summed E-state index contributed by atoms with van der Waals surface area (Å²) in [5.41, 5.74) is -0.571. The van der Waals surface area contributed by atoms with Gasteiger partial charge in [-0.1, -0.05) is 12.1 Å². The molecule has 0 bridgehead atoms. The Labute approximate surface area is 97.7 Å². The minimum absolute atomic E-state index is 0.127. The van der Waals surface area contributed by atoms with Crippen molar-refractivity contribution in [1.82, 2.24) is 5.32 Å². The van der Waals surface area contributed by atoms with Crippen LogP contribution in [0.25, 0.3) is 0 Å². The van der Waals surface area contributed by atoms with E-state index in [1.807, 2.05) is 0 Å². The molecular weight excluding hydrogens is 228 g/mol. The summed E-state index contributed by atoms with van der Waals surface area (Å²) < 4.78 is 38.2. The van der Waals surface area contributed by atoms with Crippen LogP contribution in [-0.4, -0.2) is 26.0 Å². The lowest BCUT2D eigenvalue weighted by Gasteiger charge is -2.37. The fraction of sp³-hybridized carbons (Fsp3) is 0.500. The van der Waals surface area contributed by atoms with Gasteiger partial charge in [-0.15, -0.1) is 0 Å². The molecule has 2 saturated heterocycles. The highest BCUT2D eigenvalue weighted by Gasteiger charge is 2.50. The zero-order valence-corrected chi connectivity index (χ0v) is 9.21. The van der Waals surface area contributed by atoms with Gasteiger partial charge in [-0.25, -0.2) is 8.78 Å². The van der Waals surface area contributed by atoms with E-state index in [-0.39, 0.29) is 18.5 Å². The highest BCUT2D eigenvalue weighted by Crippen LogP contribution is 2.41. The molecule has 92 valence electrons. The topological polar surface area (TPSA) is 30.5 Å². The van der Waals surface area contributed by atoms with Gasteiger partial charge in [-0.3, -0.25) is 0 Å². The maximum absolute atomic E-state index is 13.9. The second-order valence-electron chi connectivity index (χ2n) is 4.36. The summed E-state index contributed by atoms with van der Waals surface area (Å²) in [7, 11) is 0. The van der Waals surface area contributed by atoms with Crippen LogP contribution in [0.2, 0.25) is 0 Å². The van der Waals surface area contributed by atoms with E-state index in [1.165, 1.54) is 6.07 Å². The number of hydrogen-bond acceptors (Lipinski definition) is 3. The SMILES string of the molecule is Fc1cccc([C@]23CCNC[C@H]2OCO3)c1F. The lowest BCUT2D eigenvalue weighted by molar-refractivity contribution is -0.0295. The van der Waals surface area contributed by atoms with Gasteiger partial charge in [0.25, 0.3) is 0 Å². The van der Waals surface area contributed by atoms with Crippen LogP contribution < -0.4 is 5.32 Å². The molecule has 17 heavy (non-hydrogen) atoms. The summed E-state index contributed by atoms with van der Waals surface area (Å²) in [6.45, 7) is 1.42. The van der Waals surface area contributed by atoms with E-state index in [0.717, 1.165) is 6.07 Å². The van der Waals surface area contributed by atoms with Crippen LogP contribution in [0.3, 0.4) is 0 Å². The maximum atomic E-state index is 13.9. The van der Waals surface area contributed by atoms with Crippen LogP contribution in [-0.2, 0) is 15.1 Å². The van der Waals surface area contributed by atoms with Crippen molar-refractivity contribution in [1.29, 1.82) is 0 Å². The first-order valence-electron chi connectivity index (χ1n) is 5.65. The first-order chi connectivity index (χ1) is 8.24. The zero-order valence-electron chi connectivity index (χ0n) is 9.21. The third kappa shape index (κ3) is 1.57. The second-order valence-corrected chi connectivity index (χ2v) is 4.36. The van der Waals surface area contributed by atoms with Gasteiger partial charge in [0.05, 0.1) is 0 Å². The first-order valence-corrected chi connectivity index (χ1v) is 5.65.